The lowest BCUT2D eigenvalue weighted by atomic mass is 10.0. The second-order valence-electron chi connectivity index (χ2n) is 4.00. The maximum Gasteiger partial charge on any atom is 0.0540 e. The zero-order valence-electron chi connectivity index (χ0n) is 9.39. The van der Waals surface area contributed by atoms with Crippen LogP contribution in [0.5, 0.6) is 0 Å². The van der Waals surface area contributed by atoms with Gasteiger partial charge in [-0.25, -0.2) is 0 Å². The van der Waals surface area contributed by atoms with E-state index in [4.69, 9.17) is 0 Å². The zero-order valence-corrected chi connectivity index (χ0v) is 9.39. The van der Waals surface area contributed by atoms with E-state index in [1.54, 1.807) is 0 Å². The molecule has 1 nitrogen and oxygen atoms in total. The van der Waals surface area contributed by atoms with Crippen molar-refractivity contribution in [2.75, 3.05) is 0 Å². The van der Waals surface area contributed by atoms with Gasteiger partial charge >= 0.3 is 0 Å². The van der Waals surface area contributed by atoms with Crippen molar-refractivity contribution in [1.82, 2.24) is 0 Å². The third kappa shape index (κ3) is 9.88. The van der Waals surface area contributed by atoms with Crippen LogP contribution < -0.4 is 0 Å². The highest BCUT2D eigenvalue weighted by Crippen LogP contribution is 2.10. The second-order valence-corrected chi connectivity index (χ2v) is 4.00. The Morgan fingerprint density at radius 2 is 1.38 bits per heavy atom. The van der Waals surface area contributed by atoms with Gasteiger partial charge in [0.25, 0.3) is 0 Å². The fourth-order valence-corrected chi connectivity index (χ4v) is 1.64. The molecule has 0 aliphatic heterocycles. The van der Waals surface area contributed by atoms with Gasteiger partial charge in [0.1, 0.15) is 0 Å². The molecule has 0 bridgehead atoms. The van der Waals surface area contributed by atoms with Crippen LogP contribution in [-0.2, 0) is 0 Å². The van der Waals surface area contributed by atoms with E-state index in [1.165, 1.54) is 38.5 Å². The molecule has 1 atom stereocenters. The zero-order chi connectivity index (χ0) is 9.94. The number of aliphatic hydroxyl groups excluding tert-OH is 1. The fraction of sp³-hybridized carbons (Fsp3) is 1.00. The first kappa shape index (κ1) is 13.0. The Morgan fingerprint density at radius 1 is 0.769 bits per heavy atom. The van der Waals surface area contributed by atoms with Crippen LogP contribution in [-0.4, -0.2) is 11.2 Å². The molecule has 13 heavy (non-hydrogen) atoms. The maximum absolute atomic E-state index is 9.45. The summed E-state index contributed by atoms with van der Waals surface area (Å²) in [7, 11) is 0. The Bertz CT molecular complexity index is 91.1. The lowest BCUT2D eigenvalue weighted by molar-refractivity contribution is 0.150. The molecule has 0 spiro atoms. The summed E-state index contributed by atoms with van der Waals surface area (Å²) in [5.74, 6) is 0. The molecule has 0 amide bonds. The third-order valence-electron chi connectivity index (χ3n) is 2.51. The average Bonchev–Trinajstić information content (AvgIpc) is 2.11. The highest BCUT2D eigenvalue weighted by Gasteiger charge is 2.01. The fourth-order valence-electron chi connectivity index (χ4n) is 1.64. The highest BCUT2D eigenvalue weighted by molar-refractivity contribution is 4.54. The van der Waals surface area contributed by atoms with E-state index in [1.807, 2.05) is 0 Å². The number of rotatable bonds is 9. The summed E-state index contributed by atoms with van der Waals surface area (Å²) in [6, 6.07) is 0. The summed E-state index contributed by atoms with van der Waals surface area (Å²) in [6.45, 7) is 4.37. The Hall–Kier alpha value is -0.0400. The lowest BCUT2D eigenvalue weighted by Gasteiger charge is -2.08. The van der Waals surface area contributed by atoms with Gasteiger partial charge in [0.15, 0.2) is 0 Å². The lowest BCUT2D eigenvalue weighted by Crippen LogP contribution is -2.04. The Balaban J connectivity index is 2.97. The summed E-state index contributed by atoms with van der Waals surface area (Å²) in [4.78, 5) is 0. The van der Waals surface area contributed by atoms with E-state index in [9.17, 15) is 5.11 Å². The molecule has 0 aromatic heterocycles. The van der Waals surface area contributed by atoms with Crippen molar-refractivity contribution in [1.29, 1.82) is 0 Å². The van der Waals surface area contributed by atoms with Gasteiger partial charge in [0, 0.05) is 0 Å². The van der Waals surface area contributed by atoms with Gasteiger partial charge in [-0.3, -0.25) is 0 Å². The van der Waals surface area contributed by atoms with Crippen molar-refractivity contribution in [3.05, 3.63) is 0 Å². The summed E-state index contributed by atoms with van der Waals surface area (Å²) in [5, 5.41) is 9.45. The molecule has 0 saturated carbocycles. The normalized spacial score (nSPS) is 13.2. The van der Waals surface area contributed by atoms with Crippen LogP contribution in [0.3, 0.4) is 0 Å². The standard InChI is InChI=1S/C12H26O/c1-3-5-6-7-8-9-11-12(13)10-4-2/h12-13H,3-11H2,1-2H3. The van der Waals surface area contributed by atoms with Crippen LogP contribution in [0.2, 0.25) is 0 Å². The molecule has 1 heteroatoms. The largest absolute Gasteiger partial charge is 0.393 e. The minimum absolute atomic E-state index is 0.0313. The van der Waals surface area contributed by atoms with Crippen molar-refractivity contribution in [3.63, 3.8) is 0 Å². The van der Waals surface area contributed by atoms with Crippen molar-refractivity contribution < 1.29 is 5.11 Å². The topological polar surface area (TPSA) is 20.2 Å². The smallest absolute Gasteiger partial charge is 0.0540 e. The molecule has 80 valence electrons. The molecule has 0 fully saturated rings. The first-order chi connectivity index (χ1) is 6.31. The van der Waals surface area contributed by atoms with Gasteiger partial charge in [-0.05, 0) is 12.8 Å². The predicted octanol–water partition coefficient (Wildman–Crippen LogP) is 3.90. The van der Waals surface area contributed by atoms with Crippen molar-refractivity contribution in [3.8, 4) is 0 Å². The SMILES string of the molecule is CCCCCCCCC(O)CCC. The first-order valence-electron chi connectivity index (χ1n) is 5.99. The van der Waals surface area contributed by atoms with Gasteiger partial charge in [0.05, 0.1) is 6.10 Å². The third-order valence-corrected chi connectivity index (χ3v) is 2.51. The van der Waals surface area contributed by atoms with Crippen molar-refractivity contribution >= 4 is 0 Å². The van der Waals surface area contributed by atoms with Gasteiger partial charge in [-0.1, -0.05) is 58.8 Å². The molecule has 0 aliphatic rings. The van der Waals surface area contributed by atoms with Crippen molar-refractivity contribution in [2.45, 2.75) is 77.7 Å². The first-order valence-corrected chi connectivity index (χ1v) is 5.99. The van der Waals surface area contributed by atoms with Crippen LogP contribution in [0.1, 0.15) is 71.6 Å². The van der Waals surface area contributed by atoms with Crippen LogP contribution in [0.25, 0.3) is 0 Å². The molecule has 0 rings (SSSR count). The number of unbranched alkanes of at least 4 members (excludes halogenated alkanes) is 5. The number of aliphatic hydroxyl groups is 1. The average molecular weight is 186 g/mol. The minimum atomic E-state index is -0.0313. The Labute approximate surface area is 83.5 Å². The summed E-state index contributed by atoms with van der Waals surface area (Å²) < 4.78 is 0. The summed E-state index contributed by atoms with van der Waals surface area (Å²) >= 11 is 0. The van der Waals surface area contributed by atoms with E-state index in [0.29, 0.717) is 0 Å². The molecule has 0 saturated heterocycles. The Morgan fingerprint density at radius 3 is 2.00 bits per heavy atom. The summed E-state index contributed by atoms with van der Waals surface area (Å²) in [6.07, 6.45) is 11.0. The van der Waals surface area contributed by atoms with E-state index in [0.717, 1.165) is 19.3 Å². The van der Waals surface area contributed by atoms with Crippen LogP contribution in [0.15, 0.2) is 0 Å². The van der Waals surface area contributed by atoms with E-state index >= 15 is 0 Å². The molecule has 1 N–H and O–H groups in total. The molecule has 0 aromatic carbocycles. The number of hydrogen-bond acceptors (Lipinski definition) is 1. The molecule has 1 unspecified atom stereocenters. The monoisotopic (exact) mass is 186 g/mol. The molecule has 0 heterocycles. The van der Waals surface area contributed by atoms with Crippen LogP contribution in [0, 0.1) is 0 Å². The minimum Gasteiger partial charge on any atom is -0.393 e. The summed E-state index contributed by atoms with van der Waals surface area (Å²) in [5.41, 5.74) is 0. The van der Waals surface area contributed by atoms with Gasteiger partial charge in [-0.15, -0.1) is 0 Å². The van der Waals surface area contributed by atoms with Gasteiger partial charge in [-0.2, -0.15) is 0 Å². The maximum atomic E-state index is 9.45. The quantitative estimate of drug-likeness (QED) is 0.541. The predicted molar refractivity (Wildman–Crippen MR) is 58.9 cm³/mol. The van der Waals surface area contributed by atoms with Gasteiger partial charge in [0.2, 0.25) is 0 Å². The molecule has 0 aromatic rings. The van der Waals surface area contributed by atoms with Crippen LogP contribution >= 0.6 is 0 Å². The van der Waals surface area contributed by atoms with Gasteiger partial charge < -0.3 is 5.11 Å². The van der Waals surface area contributed by atoms with Crippen LogP contribution in [0.4, 0.5) is 0 Å². The highest BCUT2D eigenvalue weighted by atomic mass is 16.3. The van der Waals surface area contributed by atoms with E-state index < -0.39 is 0 Å². The molecular weight excluding hydrogens is 160 g/mol. The molecule has 0 radical (unpaired) electrons. The van der Waals surface area contributed by atoms with Crippen molar-refractivity contribution in [2.24, 2.45) is 0 Å². The second kappa shape index (κ2) is 10.0. The number of hydrogen-bond donors (Lipinski definition) is 1. The Kier molecular flexibility index (Phi) is 10.0. The van der Waals surface area contributed by atoms with E-state index in [2.05, 4.69) is 13.8 Å². The van der Waals surface area contributed by atoms with E-state index in [-0.39, 0.29) is 6.10 Å². The molecular formula is C12H26O. The molecule has 0 aliphatic carbocycles.